The molecule has 3 rings (SSSR count). The van der Waals surface area contributed by atoms with Crippen LogP contribution in [0, 0.1) is 0 Å². The smallest absolute Gasteiger partial charge is 0.140 e. The number of fused-ring (bicyclic) bond motifs is 1. The van der Waals surface area contributed by atoms with Crippen LogP contribution in [0.15, 0.2) is 48.8 Å². The van der Waals surface area contributed by atoms with Crippen LogP contribution in [0.25, 0.3) is 11.0 Å². The summed E-state index contributed by atoms with van der Waals surface area (Å²) in [7, 11) is 0. The third kappa shape index (κ3) is 2.22. The number of pyridine rings is 1. The largest absolute Gasteiger partial charge is 0.328 e. The maximum Gasteiger partial charge on any atom is 0.140 e. The van der Waals surface area contributed by atoms with E-state index in [4.69, 9.17) is 23.2 Å². The van der Waals surface area contributed by atoms with E-state index >= 15 is 0 Å². The summed E-state index contributed by atoms with van der Waals surface area (Å²) in [5, 5.41) is 2.46. The summed E-state index contributed by atoms with van der Waals surface area (Å²) in [4.78, 5) is 4.36. The van der Waals surface area contributed by atoms with Crippen molar-refractivity contribution in [3.05, 3.63) is 64.4 Å². The maximum absolute atomic E-state index is 5.92. The van der Waals surface area contributed by atoms with E-state index in [9.17, 15) is 0 Å². The van der Waals surface area contributed by atoms with Gasteiger partial charge in [-0.05, 0) is 29.8 Å². The van der Waals surface area contributed by atoms with Gasteiger partial charge in [-0.1, -0.05) is 35.3 Å². The SMILES string of the molecule is Clc1ccc(Cn2ccc3cc(Cl)cnc32)cc1. The quantitative estimate of drug-likeness (QED) is 0.679. The van der Waals surface area contributed by atoms with Gasteiger partial charge < -0.3 is 4.57 Å². The molecule has 0 aliphatic rings. The molecule has 0 aliphatic carbocycles. The minimum atomic E-state index is 0.659. The van der Waals surface area contributed by atoms with Gasteiger partial charge in [-0.15, -0.1) is 0 Å². The monoisotopic (exact) mass is 276 g/mol. The van der Waals surface area contributed by atoms with E-state index in [-0.39, 0.29) is 0 Å². The van der Waals surface area contributed by atoms with Crippen LogP contribution < -0.4 is 0 Å². The van der Waals surface area contributed by atoms with Gasteiger partial charge in [0.2, 0.25) is 0 Å². The van der Waals surface area contributed by atoms with Crippen molar-refractivity contribution in [3.63, 3.8) is 0 Å². The zero-order valence-corrected chi connectivity index (χ0v) is 11.0. The zero-order chi connectivity index (χ0) is 12.5. The molecular formula is C14H10Cl2N2. The lowest BCUT2D eigenvalue weighted by molar-refractivity contribution is 0.825. The van der Waals surface area contributed by atoms with Crippen LogP contribution in [-0.2, 0) is 6.54 Å². The lowest BCUT2D eigenvalue weighted by Gasteiger charge is -2.05. The van der Waals surface area contributed by atoms with Gasteiger partial charge in [0.25, 0.3) is 0 Å². The summed E-state index contributed by atoms with van der Waals surface area (Å²) < 4.78 is 2.09. The summed E-state index contributed by atoms with van der Waals surface area (Å²) in [5.41, 5.74) is 2.13. The Hall–Kier alpha value is -1.51. The van der Waals surface area contributed by atoms with E-state index < -0.39 is 0 Å². The van der Waals surface area contributed by atoms with Crippen molar-refractivity contribution in [2.75, 3.05) is 0 Å². The van der Waals surface area contributed by atoms with Gasteiger partial charge in [0.1, 0.15) is 5.65 Å². The molecule has 1 aromatic carbocycles. The molecule has 0 unspecified atom stereocenters. The maximum atomic E-state index is 5.92. The summed E-state index contributed by atoms with van der Waals surface area (Å²) >= 11 is 11.8. The van der Waals surface area contributed by atoms with Gasteiger partial charge in [0, 0.05) is 29.3 Å². The molecule has 2 nitrogen and oxygen atoms in total. The van der Waals surface area contributed by atoms with Crippen LogP contribution >= 0.6 is 23.2 Å². The van der Waals surface area contributed by atoms with Gasteiger partial charge in [-0.2, -0.15) is 0 Å². The molecule has 4 heteroatoms. The van der Waals surface area contributed by atoms with Crippen molar-refractivity contribution in [2.45, 2.75) is 6.54 Å². The number of benzene rings is 1. The van der Waals surface area contributed by atoms with Crippen LogP contribution in [0.3, 0.4) is 0 Å². The average molecular weight is 277 g/mol. The van der Waals surface area contributed by atoms with Crippen LogP contribution in [0.5, 0.6) is 0 Å². The number of hydrogen-bond acceptors (Lipinski definition) is 1. The number of aromatic nitrogens is 2. The normalized spacial score (nSPS) is 11.0. The van der Waals surface area contributed by atoms with Crippen molar-refractivity contribution in [3.8, 4) is 0 Å². The third-order valence-electron chi connectivity index (χ3n) is 2.83. The second-order valence-corrected chi connectivity index (χ2v) is 5.01. The zero-order valence-electron chi connectivity index (χ0n) is 9.48. The highest BCUT2D eigenvalue weighted by Gasteiger charge is 2.03. The average Bonchev–Trinajstić information content (AvgIpc) is 2.74. The fourth-order valence-corrected chi connectivity index (χ4v) is 2.26. The topological polar surface area (TPSA) is 17.8 Å². The van der Waals surface area contributed by atoms with E-state index in [0.29, 0.717) is 5.02 Å². The minimum Gasteiger partial charge on any atom is -0.328 e. The second kappa shape index (κ2) is 4.63. The van der Waals surface area contributed by atoms with Gasteiger partial charge in [-0.3, -0.25) is 0 Å². The Morgan fingerprint density at radius 1 is 1.00 bits per heavy atom. The second-order valence-electron chi connectivity index (χ2n) is 4.14. The summed E-state index contributed by atoms with van der Waals surface area (Å²) in [6.07, 6.45) is 3.69. The molecule has 3 aromatic rings. The molecule has 0 saturated heterocycles. The highest BCUT2D eigenvalue weighted by molar-refractivity contribution is 6.31. The van der Waals surface area contributed by atoms with E-state index in [2.05, 4.69) is 9.55 Å². The minimum absolute atomic E-state index is 0.659. The molecule has 0 radical (unpaired) electrons. The Balaban J connectivity index is 1.97. The van der Waals surface area contributed by atoms with Crippen molar-refractivity contribution in [2.24, 2.45) is 0 Å². The Labute approximate surface area is 115 Å². The van der Waals surface area contributed by atoms with Crippen LogP contribution in [0.2, 0.25) is 10.0 Å². The van der Waals surface area contributed by atoms with Crippen LogP contribution in [0.1, 0.15) is 5.56 Å². The van der Waals surface area contributed by atoms with Gasteiger partial charge in [0.05, 0.1) is 5.02 Å². The van der Waals surface area contributed by atoms with Gasteiger partial charge in [0.15, 0.2) is 0 Å². The number of nitrogens with zero attached hydrogens (tertiary/aromatic N) is 2. The molecule has 18 heavy (non-hydrogen) atoms. The number of halogens is 2. The summed E-state index contributed by atoms with van der Waals surface area (Å²) in [6, 6.07) is 11.8. The number of hydrogen-bond donors (Lipinski definition) is 0. The highest BCUT2D eigenvalue weighted by atomic mass is 35.5. The van der Waals surface area contributed by atoms with E-state index in [1.807, 2.05) is 42.6 Å². The Bertz CT molecular complexity index is 687. The standard InChI is InChI=1S/C14H10Cl2N2/c15-12-3-1-10(2-4-12)9-18-6-5-11-7-13(16)8-17-14(11)18/h1-8H,9H2. The first-order valence-electron chi connectivity index (χ1n) is 5.57. The lowest BCUT2D eigenvalue weighted by Crippen LogP contribution is -1.98. The van der Waals surface area contributed by atoms with Crippen LogP contribution in [-0.4, -0.2) is 9.55 Å². The first-order valence-corrected chi connectivity index (χ1v) is 6.33. The predicted octanol–water partition coefficient (Wildman–Crippen LogP) is 4.39. The first kappa shape index (κ1) is 11.6. The van der Waals surface area contributed by atoms with Crippen molar-refractivity contribution in [1.82, 2.24) is 9.55 Å². The summed E-state index contributed by atoms with van der Waals surface area (Å²) in [5.74, 6) is 0. The molecular weight excluding hydrogens is 267 g/mol. The lowest BCUT2D eigenvalue weighted by atomic mass is 10.2. The third-order valence-corrected chi connectivity index (χ3v) is 3.29. The van der Waals surface area contributed by atoms with Gasteiger partial charge in [-0.25, -0.2) is 4.98 Å². The van der Waals surface area contributed by atoms with E-state index in [1.165, 1.54) is 5.56 Å². The van der Waals surface area contributed by atoms with Crippen molar-refractivity contribution < 1.29 is 0 Å². The molecule has 0 saturated carbocycles. The number of rotatable bonds is 2. The predicted molar refractivity (Wildman–Crippen MR) is 75.3 cm³/mol. The van der Waals surface area contributed by atoms with E-state index in [0.717, 1.165) is 22.6 Å². The fraction of sp³-hybridized carbons (Fsp3) is 0.0714. The first-order chi connectivity index (χ1) is 8.72. The molecule has 2 aromatic heterocycles. The van der Waals surface area contributed by atoms with E-state index in [1.54, 1.807) is 6.20 Å². The van der Waals surface area contributed by atoms with Crippen LogP contribution in [0.4, 0.5) is 0 Å². The van der Waals surface area contributed by atoms with Crippen molar-refractivity contribution >= 4 is 34.2 Å². The van der Waals surface area contributed by atoms with Crippen molar-refractivity contribution in [1.29, 1.82) is 0 Å². The molecule has 0 fully saturated rings. The molecule has 0 spiro atoms. The molecule has 0 N–H and O–H groups in total. The summed E-state index contributed by atoms with van der Waals surface area (Å²) in [6.45, 7) is 0.773. The Kier molecular flexibility index (Phi) is 2.98. The Morgan fingerprint density at radius 2 is 1.78 bits per heavy atom. The molecule has 2 heterocycles. The highest BCUT2D eigenvalue weighted by Crippen LogP contribution is 2.19. The van der Waals surface area contributed by atoms with Gasteiger partial charge >= 0.3 is 0 Å². The molecule has 0 amide bonds. The molecule has 0 aliphatic heterocycles. The molecule has 0 bridgehead atoms. The molecule has 90 valence electrons. The fourth-order valence-electron chi connectivity index (χ4n) is 1.97. The Morgan fingerprint density at radius 3 is 2.56 bits per heavy atom. The molecule has 0 atom stereocenters.